The fourth-order valence-corrected chi connectivity index (χ4v) is 0.718. The fourth-order valence-electron chi connectivity index (χ4n) is 0.718. The molecule has 2 heteroatoms. The average Bonchev–Trinajstić information content (AvgIpc) is 2.39. The lowest BCUT2D eigenvalue weighted by molar-refractivity contribution is 0.737. The normalized spacial score (nSPS) is 8.40. The van der Waals surface area contributed by atoms with Gasteiger partial charge < -0.3 is 4.57 Å². The van der Waals surface area contributed by atoms with E-state index in [1.165, 1.54) is 5.69 Å². The van der Waals surface area contributed by atoms with Crippen LogP contribution in [0.1, 0.15) is 26.5 Å². The molecule has 0 saturated carbocycles. The minimum absolute atomic E-state index is 1.02. The second kappa shape index (κ2) is 5.03. The Hall–Kier alpha value is -0.790. The number of hydrogen-bond donors (Lipinski definition) is 0. The summed E-state index contributed by atoms with van der Waals surface area (Å²) in [5, 5.41) is 0. The topological polar surface area (TPSA) is 17.8 Å². The molecule has 2 nitrogen and oxygen atoms in total. The van der Waals surface area contributed by atoms with Crippen molar-refractivity contribution in [3.05, 3.63) is 18.2 Å². The zero-order chi connectivity index (χ0) is 7.98. The second-order valence-electron chi connectivity index (χ2n) is 1.82. The molecule has 0 aliphatic carbocycles. The quantitative estimate of drug-likeness (QED) is 0.585. The highest BCUT2D eigenvalue weighted by Gasteiger charge is 1.88. The molecule has 0 aliphatic heterocycles. The van der Waals surface area contributed by atoms with E-state index in [0.717, 1.165) is 6.54 Å². The summed E-state index contributed by atoms with van der Waals surface area (Å²) >= 11 is 0. The van der Waals surface area contributed by atoms with Gasteiger partial charge in [-0.05, 0) is 13.8 Å². The van der Waals surface area contributed by atoms with Gasteiger partial charge >= 0.3 is 0 Å². The van der Waals surface area contributed by atoms with Crippen LogP contribution in [-0.2, 0) is 6.54 Å². The summed E-state index contributed by atoms with van der Waals surface area (Å²) in [7, 11) is 0. The third-order valence-electron chi connectivity index (χ3n) is 1.26. The molecule has 0 N–H and O–H groups in total. The summed E-state index contributed by atoms with van der Waals surface area (Å²) in [5.74, 6) is 0. The second-order valence-corrected chi connectivity index (χ2v) is 1.82. The van der Waals surface area contributed by atoms with Crippen LogP contribution >= 0.6 is 0 Å². The maximum absolute atomic E-state index is 3.96. The SMILES string of the molecule is CC.CCn1cncc1C. The third kappa shape index (κ3) is 2.21. The lowest BCUT2D eigenvalue weighted by atomic mass is 10.5. The maximum Gasteiger partial charge on any atom is 0.0947 e. The van der Waals surface area contributed by atoms with Gasteiger partial charge in [0.05, 0.1) is 6.33 Å². The number of rotatable bonds is 1. The lowest BCUT2D eigenvalue weighted by Gasteiger charge is -1.95. The lowest BCUT2D eigenvalue weighted by Crippen LogP contribution is -1.92. The van der Waals surface area contributed by atoms with Crippen molar-refractivity contribution in [2.45, 2.75) is 34.2 Å². The predicted molar refractivity (Wildman–Crippen MR) is 44.0 cm³/mol. The van der Waals surface area contributed by atoms with Gasteiger partial charge in [0.2, 0.25) is 0 Å². The summed E-state index contributed by atoms with van der Waals surface area (Å²) < 4.78 is 2.10. The van der Waals surface area contributed by atoms with E-state index in [4.69, 9.17) is 0 Å². The molecular weight excluding hydrogens is 124 g/mol. The molecule has 0 aliphatic rings. The number of nitrogens with zero attached hydrogens (tertiary/aromatic N) is 2. The van der Waals surface area contributed by atoms with Crippen molar-refractivity contribution in [3.63, 3.8) is 0 Å². The van der Waals surface area contributed by atoms with E-state index in [1.807, 2.05) is 26.4 Å². The van der Waals surface area contributed by atoms with Crippen molar-refractivity contribution in [2.24, 2.45) is 0 Å². The molecule has 0 bridgehead atoms. The van der Waals surface area contributed by atoms with Crippen LogP contribution in [0.3, 0.4) is 0 Å². The van der Waals surface area contributed by atoms with Crippen LogP contribution in [0, 0.1) is 6.92 Å². The summed E-state index contributed by atoms with van der Waals surface area (Å²) in [6, 6.07) is 0. The molecule has 0 amide bonds. The van der Waals surface area contributed by atoms with Gasteiger partial charge in [-0.25, -0.2) is 4.98 Å². The monoisotopic (exact) mass is 140 g/mol. The van der Waals surface area contributed by atoms with Gasteiger partial charge in [-0.15, -0.1) is 0 Å². The molecule has 1 rings (SSSR count). The number of aromatic nitrogens is 2. The Morgan fingerprint density at radius 1 is 1.50 bits per heavy atom. The average molecular weight is 140 g/mol. The zero-order valence-electron chi connectivity index (χ0n) is 7.26. The molecule has 0 fully saturated rings. The molecular formula is C8H16N2. The van der Waals surface area contributed by atoms with Crippen LogP contribution in [0.4, 0.5) is 0 Å². The number of aryl methyl sites for hydroxylation is 2. The minimum Gasteiger partial charge on any atom is -0.335 e. The summed E-state index contributed by atoms with van der Waals surface area (Å²) in [6.07, 6.45) is 3.71. The first-order valence-electron chi connectivity index (χ1n) is 3.81. The molecule has 0 saturated heterocycles. The third-order valence-corrected chi connectivity index (χ3v) is 1.26. The van der Waals surface area contributed by atoms with Gasteiger partial charge in [-0.3, -0.25) is 0 Å². The van der Waals surface area contributed by atoms with Crippen molar-refractivity contribution >= 4 is 0 Å². The van der Waals surface area contributed by atoms with E-state index in [1.54, 1.807) is 0 Å². The highest BCUT2D eigenvalue weighted by Crippen LogP contribution is 1.93. The zero-order valence-corrected chi connectivity index (χ0v) is 7.26. The maximum atomic E-state index is 3.96. The van der Waals surface area contributed by atoms with Crippen molar-refractivity contribution in [2.75, 3.05) is 0 Å². The first kappa shape index (κ1) is 9.21. The molecule has 1 aromatic heterocycles. The Balaban J connectivity index is 0.000000371. The summed E-state index contributed by atoms with van der Waals surface area (Å²) in [5.41, 5.74) is 1.23. The van der Waals surface area contributed by atoms with Gasteiger partial charge in [-0.2, -0.15) is 0 Å². The molecule has 0 aromatic carbocycles. The Kier molecular flexibility index (Phi) is 4.63. The van der Waals surface area contributed by atoms with Crippen LogP contribution in [0.15, 0.2) is 12.5 Å². The summed E-state index contributed by atoms with van der Waals surface area (Å²) in [6.45, 7) is 9.18. The summed E-state index contributed by atoms with van der Waals surface area (Å²) in [4.78, 5) is 3.96. The van der Waals surface area contributed by atoms with E-state index in [-0.39, 0.29) is 0 Å². The highest BCUT2D eigenvalue weighted by atomic mass is 15.0. The molecule has 1 heterocycles. The van der Waals surface area contributed by atoms with Crippen molar-refractivity contribution < 1.29 is 0 Å². The first-order chi connectivity index (χ1) is 4.84. The van der Waals surface area contributed by atoms with Crippen LogP contribution in [0.5, 0.6) is 0 Å². The Bertz CT molecular complexity index is 168. The largest absolute Gasteiger partial charge is 0.335 e. The van der Waals surface area contributed by atoms with E-state index < -0.39 is 0 Å². The van der Waals surface area contributed by atoms with E-state index in [2.05, 4.69) is 23.4 Å². The van der Waals surface area contributed by atoms with E-state index in [0.29, 0.717) is 0 Å². The predicted octanol–water partition coefficient (Wildman–Crippen LogP) is 2.24. The van der Waals surface area contributed by atoms with Gasteiger partial charge in [0.25, 0.3) is 0 Å². The number of imidazole rings is 1. The Morgan fingerprint density at radius 2 is 2.10 bits per heavy atom. The van der Waals surface area contributed by atoms with Gasteiger partial charge in [0, 0.05) is 18.4 Å². The van der Waals surface area contributed by atoms with Crippen LogP contribution < -0.4 is 0 Å². The van der Waals surface area contributed by atoms with Crippen molar-refractivity contribution in [3.8, 4) is 0 Å². The Morgan fingerprint density at radius 3 is 2.30 bits per heavy atom. The van der Waals surface area contributed by atoms with Crippen molar-refractivity contribution in [1.82, 2.24) is 9.55 Å². The van der Waals surface area contributed by atoms with Crippen LogP contribution in [0.25, 0.3) is 0 Å². The Labute approximate surface area is 62.9 Å². The van der Waals surface area contributed by atoms with Gasteiger partial charge in [-0.1, -0.05) is 13.8 Å². The molecule has 0 atom stereocenters. The standard InChI is InChI=1S/C6H10N2.C2H6/c1-3-8-5-7-4-6(8)2;1-2/h4-5H,3H2,1-2H3;1-2H3. The van der Waals surface area contributed by atoms with Crippen LogP contribution in [-0.4, -0.2) is 9.55 Å². The van der Waals surface area contributed by atoms with Gasteiger partial charge in [0.1, 0.15) is 0 Å². The van der Waals surface area contributed by atoms with Crippen LogP contribution in [0.2, 0.25) is 0 Å². The molecule has 0 radical (unpaired) electrons. The molecule has 58 valence electrons. The smallest absolute Gasteiger partial charge is 0.0947 e. The van der Waals surface area contributed by atoms with Gasteiger partial charge in [0.15, 0.2) is 0 Å². The van der Waals surface area contributed by atoms with E-state index >= 15 is 0 Å². The van der Waals surface area contributed by atoms with E-state index in [9.17, 15) is 0 Å². The van der Waals surface area contributed by atoms with Crippen molar-refractivity contribution in [1.29, 1.82) is 0 Å². The molecule has 10 heavy (non-hydrogen) atoms. The first-order valence-corrected chi connectivity index (χ1v) is 3.81. The number of hydrogen-bond acceptors (Lipinski definition) is 1. The highest BCUT2D eigenvalue weighted by molar-refractivity contribution is 4.93. The molecule has 0 unspecified atom stereocenters. The minimum atomic E-state index is 1.02. The molecule has 1 aromatic rings. The fraction of sp³-hybridized carbons (Fsp3) is 0.625. The molecule has 0 spiro atoms.